The average Bonchev–Trinajstić information content (AvgIpc) is 3.22. The van der Waals surface area contributed by atoms with Crippen LogP contribution < -0.4 is 5.32 Å². The Morgan fingerprint density at radius 3 is 2.80 bits per heavy atom. The van der Waals surface area contributed by atoms with E-state index in [1.54, 1.807) is 0 Å². The van der Waals surface area contributed by atoms with E-state index in [4.69, 9.17) is 16.3 Å². The highest BCUT2D eigenvalue weighted by Gasteiger charge is 2.37. The van der Waals surface area contributed by atoms with Crippen molar-refractivity contribution in [3.8, 4) is 0 Å². The number of nitrogens with one attached hydrogen (secondary N) is 2. The zero-order valence-corrected chi connectivity index (χ0v) is 14.8. The van der Waals surface area contributed by atoms with Crippen molar-refractivity contribution >= 4 is 28.4 Å². The summed E-state index contributed by atoms with van der Waals surface area (Å²) >= 11 is 6.04. The van der Waals surface area contributed by atoms with Crippen LogP contribution in [0, 0.1) is 0 Å². The molecule has 25 heavy (non-hydrogen) atoms. The Labute approximate surface area is 150 Å². The van der Waals surface area contributed by atoms with E-state index in [2.05, 4.69) is 22.6 Å². The fourth-order valence-corrected chi connectivity index (χ4v) is 3.68. The highest BCUT2D eigenvalue weighted by Crippen LogP contribution is 2.33. The van der Waals surface area contributed by atoms with Crippen molar-refractivity contribution in [2.24, 2.45) is 7.05 Å². The molecule has 1 amide bonds. The number of carbonyl (C=O) groups excluding carboxylic acids is 1. The molecule has 4 rings (SSSR count). The van der Waals surface area contributed by atoms with Gasteiger partial charge in [-0.15, -0.1) is 0 Å². The molecule has 0 spiro atoms. The van der Waals surface area contributed by atoms with Crippen LogP contribution in [-0.2, 0) is 17.3 Å². The largest absolute Gasteiger partial charge is 0.381 e. The third-order valence-corrected chi connectivity index (χ3v) is 5.15. The summed E-state index contributed by atoms with van der Waals surface area (Å²) in [7, 11) is 1.99. The summed E-state index contributed by atoms with van der Waals surface area (Å²) in [6.07, 6.45) is 5.59. The number of ether oxygens (including phenoxy) is 1. The van der Waals surface area contributed by atoms with E-state index in [-0.39, 0.29) is 5.91 Å². The van der Waals surface area contributed by atoms with E-state index in [1.165, 1.54) is 0 Å². The minimum atomic E-state index is -0.397. The lowest BCUT2D eigenvalue weighted by Crippen LogP contribution is -2.49. The minimum Gasteiger partial charge on any atom is -0.381 e. The summed E-state index contributed by atoms with van der Waals surface area (Å²) in [4.78, 5) is 16.1. The molecule has 5 nitrogen and oxygen atoms in total. The molecule has 1 fully saturated rings. The summed E-state index contributed by atoms with van der Waals surface area (Å²) in [5.74, 6) is -0.113. The van der Waals surface area contributed by atoms with Gasteiger partial charge in [0.1, 0.15) is 5.69 Å². The van der Waals surface area contributed by atoms with Gasteiger partial charge in [0, 0.05) is 48.6 Å². The van der Waals surface area contributed by atoms with Crippen LogP contribution in [0.4, 0.5) is 0 Å². The number of H-pyrrole nitrogens is 1. The van der Waals surface area contributed by atoms with Crippen molar-refractivity contribution in [2.75, 3.05) is 13.2 Å². The van der Waals surface area contributed by atoms with E-state index in [0.717, 1.165) is 29.3 Å². The zero-order valence-electron chi connectivity index (χ0n) is 14.0. The van der Waals surface area contributed by atoms with Crippen molar-refractivity contribution < 1.29 is 9.53 Å². The molecule has 0 radical (unpaired) electrons. The molecule has 0 saturated carbocycles. The summed E-state index contributed by atoms with van der Waals surface area (Å²) < 4.78 is 7.52. The molecule has 2 N–H and O–H groups in total. The van der Waals surface area contributed by atoms with Gasteiger partial charge in [-0.05, 0) is 48.7 Å². The Kier molecular flexibility index (Phi) is 4.06. The first-order chi connectivity index (χ1) is 12.1. The molecule has 3 aromatic rings. The fourth-order valence-electron chi connectivity index (χ4n) is 3.50. The maximum Gasteiger partial charge on any atom is 0.268 e. The van der Waals surface area contributed by atoms with Gasteiger partial charge in [0.2, 0.25) is 0 Å². The quantitative estimate of drug-likeness (QED) is 0.752. The van der Waals surface area contributed by atoms with Gasteiger partial charge in [0.25, 0.3) is 5.91 Å². The number of rotatable bonds is 3. The third-order valence-electron chi connectivity index (χ3n) is 4.91. The molecular weight excluding hydrogens is 338 g/mol. The molecule has 0 aliphatic carbocycles. The van der Waals surface area contributed by atoms with Crippen LogP contribution in [-0.4, -0.2) is 28.7 Å². The smallest absolute Gasteiger partial charge is 0.268 e. The van der Waals surface area contributed by atoms with Gasteiger partial charge in [-0.3, -0.25) is 4.79 Å². The SMILES string of the molecule is Cn1ccc(C2(NC(=O)c3cc4cc(Cl)ccc4[nH]3)CCOCC2)c1. The number of amides is 1. The normalized spacial score (nSPS) is 16.9. The predicted octanol–water partition coefficient (Wildman–Crippen LogP) is 3.60. The Bertz CT molecular complexity index is 922. The first kappa shape index (κ1) is 16.2. The molecule has 0 bridgehead atoms. The van der Waals surface area contributed by atoms with Gasteiger partial charge in [-0.1, -0.05) is 11.6 Å². The Morgan fingerprint density at radius 1 is 1.28 bits per heavy atom. The highest BCUT2D eigenvalue weighted by molar-refractivity contribution is 6.31. The Hall–Kier alpha value is -2.24. The van der Waals surface area contributed by atoms with Crippen molar-refractivity contribution in [2.45, 2.75) is 18.4 Å². The van der Waals surface area contributed by atoms with Gasteiger partial charge in [-0.2, -0.15) is 0 Å². The number of aromatic amines is 1. The van der Waals surface area contributed by atoms with E-state index >= 15 is 0 Å². The predicted molar refractivity (Wildman–Crippen MR) is 97.9 cm³/mol. The molecule has 1 aromatic carbocycles. The van der Waals surface area contributed by atoms with E-state index < -0.39 is 5.54 Å². The first-order valence-electron chi connectivity index (χ1n) is 8.37. The topological polar surface area (TPSA) is 59.0 Å². The second kappa shape index (κ2) is 6.24. The number of hydrogen-bond acceptors (Lipinski definition) is 2. The van der Waals surface area contributed by atoms with Gasteiger partial charge in [-0.25, -0.2) is 0 Å². The summed E-state index contributed by atoms with van der Waals surface area (Å²) in [6, 6.07) is 9.46. The molecule has 0 unspecified atom stereocenters. The van der Waals surface area contributed by atoms with Gasteiger partial charge in [0.05, 0.1) is 5.54 Å². The Balaban J connectivity index is 1.65. The van der Waals surface area contributed by atoms with Crippen LogP contribution in [0.1, 0.15) is 28.9 Å². The number of hydrogen-bond donors (Lipinski definition) is 2. The molecule has 0 atom stereocenters. The number of carbonyl (C=O) groups is 1. The first-order valence-corrected chi connectivity index (χ1v) is 8.75. The lowest BCUT2D eigenvalue weighted by Gasteiger charge is -2.37. The molecule has 1 aliphatic rings. The molecular formula is C19H20ClN3O2. The molecule has 1 aliphatic heterocycles. The summed E-state index contributed by atoms with van der Waals surface area (Å²) in [5.41, 5.74) is 2.16. The fraction of sp³-hybridized carbons (Fsp3) is 0.316. The number of halogens is 1. The van der Waals surface area contributed by atoms with E-state index in [0.29, 0.717) is 23.9 Å². The molecule has 2 aromatic heterocycles. The molecule has 6 heteroatoms. The maximum absolute atomic E-state index is 12.9. The van der Waals surface area contributed by atoms with Crippen LogP contribution in [0.2, 0.25) is 5.02 Å². The lowest BCUT2D eigenvalue weighted by molar-refractivity contribution is 0.0344. The van der Waals surface area contributed by atoms with Gasteiger partial charge < -0.3 is 19.6 Å². The van der Waals surface area contributed by atoms with Crippen molar-refractivity contribution in [3.05, 3.63) is 59.0 Å². The molecule has 130 valence electrons. The Morgan fingerprint density at radius 2 is 2.08 bits per heavy atom. The lowest BCUT2D eigenvalue weighted by atomic mass is 9.84. The van der Waals surface area contributed by atoms with Crippen molar-refractivity contribution in [1.29, 1.82) is 0 Å². The second-order valence-corrected chi connectivity index (χ2v) is 7.07. The van der Waals surface area contributed by atoms with Gasteiger partial charge in [0.15, 0.2) is 0 Å². The average molecular weight is 358 g/mol. The van der Waals surface area contributed by atoms with Crippen molar-refractivity contribution in [1.82, 2.24) is 14.9 Å². The molecule has 3 heterocycles. The number of fused-ring (bicyclic) bond motifs is 1. The minimum absolute atomic E-state index is 0.113. The third kappa shape index (κ3) is 3.05. The van der Waals surface area contributed by atoms with Gasteiger partial charge >= 0.3 is 0 Å². The van der Waals surface area contributed by atoms with Crippen LogP contribution in [0.25, 0.3) is 10.9 Å². The van der Waals surface area contributed by atoms with E-state index in [1.807, 2.05) is 42.1 Å². The van der Waals surface area contributed by atoms with Crippen LogP contribution in [0.5, 0.6) is 0 Å². The monoisotopic (exact) mass is 357 g/mol. The zero-order chi connectivity index (χ0) is 17.4. The van der Waals surface area contributed by atoms with Crippen LogP contribution >= 0.6 is 11.6 Å². The number of benzene rings is 1. The van der Waals surface area contributed by atoms with Crippen LogP contribution in [0.15, 0.2) is 42.7 Å². The summed E-state index contributed by atoms with van der Waals surface area (Å²) in [5, 5.41) is 4.84. The summed E-state index contributed by atoms with van der Waals surface area (Å²) in [6.45, 7) is 1.27. The standard InChI is InChI=1S/C19H20ClN3O2/c1-23-7-4-14(12-23)19(5-8-25-9-6-19)22-18(24)17-11-13-10-15(20)2-3-16(13)21-17/h2-4,7,10-12,21H,5-6,8-9H2,1H3,(H,22,24). The highest BCUT2D eigenvalue weighted by atomic mass is 35.5. The second-order valence-electron chi connectivity index (χ2n) is 6.63. The van der Waals surface area contributed by atoms with E-state index in [9.17, 15) is 4.79 Å². The maximum atomic E-state index is 12.9. The molecule has 1 saturated heterocycles. The number of aromatic nitrogens is 2. The van der Waals surface area contributed by atoms with Crippen molar-refractivity contribution in [3.63, 3.8) is 0 Å². The van der Waals surface area contributed by atoms with Crippen LogP contribution in [0.3, 0.4) is 0 Å². The number of nitrogens with zero attached hydrogens (tertiary/aromatic N) is 1. The number of aryl methyl sites for hydroxylation is 1.